The third kappa shape index (κ3) is 47.5. The monoisotopic (exact) mass is 2330 g/mol. The van der Waals surface area contributed by atoms with Crippen LogP contribution in [0.4, 0.5) is 0 Å². The summed E-state index contributed by atoms with van der Waals surface area (Å²) in [6.07, 6.45) is 19.9. The number of phosphoric ester groups is 4. The van der Waals surface area contributed by atoms with Crippen LogP contribution in [-0.4, -0.2) is 267 Å². The van der Waals surface area contributed by atoms with E-state index in [4.69, 9.17) is 94.0 Å². The molecule has 836 valence electrons. The number of phosphoric acid groups is 4. The number of pyridine rings is 2. The number of benzene rings is 2. The molecule has 0 unspecified atom stereocenters. The molecule has 6 aromatic heterocycles. The number of nitrogens with one attached hydrogen (secondary N) is 1. The fourth-order valence-electron chi connectivity index (χ4n) is 14.5. The molecule has 39 nitrogen and oxygen atoms in total. The summed E-state index contributed by atoms with van der Waals surface area (Å²) < 4.78 is 125. The Morgan fingerprint density at radius 1 is 0.432 bits per heavy atom. The maximum atomic E-state index is 14.1. The van der Waals surface area contributed by atoms with Crippen LogP contribution in [0.1, 0.15) is 306 Å². The summed E-state index contributed by atoms with van der Waals surface area (Å²) in [7, 11) is -12.4. The number of piperazine rings is 2. The minimum absolute atomic E-state index is 0. The van der Waals surface area contributed by atoms with Gasteiger partial charge in [0.15, 0.2) is 11.6 Å². The molecule has 2 saturated heterocycles. The van der Waals surface area contributed by atoms with Crippen molar-refractivity contribution < 1.29 is 116 Å². The van der Waals surface area contributed by atoms with Crippen LogP contribution in [0.5, 0.6) is 11.5 Å². The van der Waals surface area contributed by atoms with Crippen molar-refractivity contribution in [1.29, 1.82) is 0 Å². The molecule has 0 radical (unpaired) electrons. The van der Waals surface area contributed by atoms with E-state index in [2.05, 4.69) is 85.4 Å². The zero-order chi connectivity index (χ0) is 112. The number of ether oxygens (including phenoxy) is 2. The molecule has 2 aliphatic rings. The summed E-state index contributed by atoms with van der Waals surface area (Å²) in [6.45, 7) is 61.9. The second kappa shape index (κ2) is 60.1. The van der Waals surface area contributed by atoms with E-state index in [0.29, 0.717) is 67.7 Å². The Morgan fingerprint density at radius 2 is 0.730 bits per heavy atom. The van der Waals surface area contributed by atoms with Gasteiger partial charge < -0.3 is 48.0 Å². The number of aromatic amines is 1. The maximum Gasteiger partial charge on any atom is 0.477 e. The number of carbonyl (C=O) groups is 6. The molecule has 0 spiro atoms. The minimum Gasteiger partial charge on any atom is -0.494 e. The number of Topliss-reactive ketones (excluding diaryl/α,β-unsaturated/α-hetero) is 2. The third-order valence-corrected chi connectivity index (χ3v) is 28.0. The predicted molar refractivity (Wildman–Crippen MR) is 590 cm³/mol. The Balaban J connectivity index is 0.000000493. The Morgan fingerprint density at radius 3 is 1.03 bits per heavy atom. The number of alkyl halides is 4. The van der Waals surface area contributed by atoms with Gasteiger partial charge in [-0.05, 0) is 230 Å². The third-order valence-electron chi connectivity index (χ3n) is 20.0. The van der Waals surface area contributed by atoms with Crippen molar-refractivity contribution in [2.45, 2.75) is 318 Å². The van der Waals surface area contributed by atoms with Gasteiger partial charge in [-0.1, -0.05) is 143 Å². The van der Waals surface area contributed by atoms with Crippen LogP contribution in [-0.2, 0) is 84.3 Å². The summed E-state index contributed by atoms with van der Waals surface area (Å²) >= 11 is 17.8. The van der Waals surface area contributed by atoms with Crippen LogP contribution in [0.2, 0.25) is 0 Å². The second-order valence-electron chi connectivity index (χ2n) is 42.4. The lowest BCUT2D eigenvalue weighted by molar-refractivity contribution is -0.929. The van der Waals surface area contributed by atoms with Crippen LogP contribution in [0.3, 0.4) is 0 Å². The van der Waals surface area contributed by atoms with Crippen molar-refractivity contribution in [2.24, 2.45) is 0 Å². The van der Waals surface area contributed by atoms with Crippen LogP contribution in [0.15, 0.2) is 98.1 Å². The molecule has 148 heavy (non-hydrogen) atoms. The first kappa shape index (κ1) is 135. The topological polar surface area (TPSA) is 432 Å². The lowest BCUT2D eigenvalue weighted by atomic mass is 10.1. The van der Waals surface area contributed by atoms with E-state index in [0.717, 1.165) is 0 Å². The number of rotatable bonds is 37. The summed E-state index contributed by atoms with van der Waals surface area (Å²) in [6, 6.07) is 17.4. The highest BCUT2D eigenvalue weighted by atomic mass is 127. The highest BCUT2D eigenvalue weighted by molar-refractivity contribution is 14.1. The SMILES string of the molecule is C.CC(C)(C)OP(=O)(O)OC(C)(C)C.CC(C)(C)OP(=O)(OCCl)OC(C)(C)C.CC(C)(C)OP(=O)(OCCl)OC(C)(C)C.CCCC[N+](CCCC)(CCCC)CCCC.COc1cnc(-n2cnc(C)n2)c2[nH]cc(C(=O)C(=O)N3CCN(C(=O)c4ccccc4)CC3)c12.COc1cnc(-n2cnc(C)n2)c2c1c(C(=O)C(=O)N1CCN(C(=O)c3ccccc3)CC1)cn2COP(=O)(OC(C)(C)C)OC(C)(C)C.ClCI. The van der Waals surface area contributed by atoms with E-state index in [1.54, 1.807) is 226 Å². The molecule has 0 bridgehead atoms. The number of H-pyrrole nitrogens is 1. The molecule has 8 aromatic rings. The maximum absolute atomic E-state index is 14.1. The van der Waals surface area contributed by atoms with Crippen LogP contribution in [0, 0.1) is 13.8 Å². The number of carbonyl (C=O) groups excluding carboxylic acids is 6. The molecule has 2 aromatic carbocycles. The first-order chi connectivity index (χ1) is 68.0. The van der Waals surface area contributed by atoms with Crippen LogP contribution in [0.25, 0.3) is 33.4 Å². The lowest BCUT2D eigenvalue weighted by Gasteiger charge is -2.39. The van der Waals surface area contributed by atoms with Gasteiger partial charge in [0.1, 0.15) is 60.2 Å². The van der Waals surface area contributed by atoms with E-state index in [-0.39, 0.29) is 98.7 Å². The molecule has 10 rings (SSSR count). The van der Waals surface area contributed by atoms with Crippen molar-refractivity contribution in [2.75, 3.05) is 109 Å². The number of amides is 4. The van der Waals surface area contributed by atoms with Crippen molar-refractivity contribution in [3.8, 4) is 23.1 Å². The zero-order valence-electron chi connectivity index (χ0n) is 92.1. The standard InChI is InChI=1S/C33H42N7O8P.C24H23N7O4.C16H36N.2C9H20ClO4P.C8H19O4P.CH2ClI.CH4/c1-22-35-20-40(36-22)29-27-26(25(45-8)18-34-29)24(19-39(27)21-46-49(44,47-32(2,3)4)48-33(5,6)7)28(41)31(43)38-16-14-37(15-17-38)30(42)23-12-10-9-11-13-23;1-15-27-14-31(28-15)22-20-19(18(35-2)13-26-22)17(12-25-20)21(32)24(34)30-10-8-29(9-11-30)23(33)16-6-4-3-5-7-16;1-5-9-13-17(14-10-6-2,15-11-7-3)16-12-8-4;2*1-8(2,3)13-15(11,12-7-10)14-9(4,5)6;1-7(2,3)11-13(9,10)12-8(4,5)6;2-1-3;/h9-13,18-20H,14-17,21H2,1-8H3;3-7,12-14,25H,8-11H2,1-2H3;5-16H2,1-4H3;2*7H2,1-6H3;1-6H3,(H,9,10);1H2;1H4/q;;+1;;;;;. The van der Waals surface area contributed by atoms with Gasteiger partial charge in [0.05, 0.1) is 129 Å². The lowest BCUT2D eigenvalue weighted by Crippen LogP contribution is -2.52. The number of hydrogen-bond donors (Lipinski definition) is 2. The number of ketones is 2. The number of unbranched alkanes of at least 4 members (excludes halogenated alkanes) is 4. The molecule has 8 heterocycles. The Labute approximate surface area is 905 Å². The first-order valence-corrected chi connectivity index (χ1v) is 58.0. The normalized spacial score (nSPS) is 13.7. The Kier molecular flexibility index (Phi) is 54.9. The second-order valence-corrected chi connectivity index (χ2v) is 50.7. The van der Waals surface area contributed by atoms with E-state index in [1.807, 2.05) is 24.3 Å². The van der Waals surface area contributed by atoms with Gasteiger partial charge in [0.25, 0.3) is 35.2 Å². The number of nitrogens with zero attached hydrogens (tertiary/aromatic N) is 14. The molecular weight excluding hydrogens is 2160 g/mol. The van der Waals surface area contributed by atoms with Crippen molar-refractivity contribution in [1.82, 2.24) is 68.6 Å². The molecule has 0 aliphatic carbocycles. The van der Waals surface area contributed by atoms with Crippen LogP contribution < -0.4 is 9.47 Å². The first-order valence-electron chi connectivity index (χ1n) is 49.0. The number of halogens is 4. The number of aryl methyl sites for hydroxylation is 2. The Bertz CT molecular complexity index is 5500. The average molecular weight is 2330 g/mol. The summed E-state index contributed by atoms with van der Waals surface area (Å²) in [5.41, 5.74) is -3.48. The molecule has 0 saturated carbocycles. The number of quaternary nitrogens is 1. The van der Waals surface area contributed by atoms with E-state index in [9.17, 15) is 51.9 Å². The predicted octanol–water partition coefficient (Wildman–Crippen LogP) is 24.3. The van der Waals surface area contributed by atoms with Crippen molar-refractivity contribution >= 4 is 146 Å². The summed E-state index contributed by atoms with van der Waals surface area (Å²) in [5, 5.41) is 9.39. The van der Waals surface area contributed by atoms with Gasteiger partial charge in [-0.15, -0.1) is 11.6 Å². The largest absolute Gasteiger partial charge is 0.494 e. The average Bonchev–Trinajstić information content (AvgIpc) is 1.60. The number of hydrogen-bond acceptors (Lipinski definition) is 29. The van der Waals surface area contributed by atoms with Gasteiger partial charge in [-0.3, -0.25) is 78.5 Å². The Hall–Kier alpha value is -7.08. The fraction of sp³-hybridized carbons (Fsp3) is 0.644. The number of methoxy groups -OCH3 is 2. The molecule has 2 aliphatic heterocycles. The smallest absolute Gasteiger partial charge is 0.477 e. The molecule has 4 amide bonds. The highest BCUT2D eigenvalue weighted by Gasteiger charge is 2.43. The van der Waals surface area contributed by atoms with Gasteiger partial charge in [-0.2, -0.15) is 10.2 Å². The highest BCUT2D eigenvalue weighted by Crippen LogP contribution is 2.58. The zero-order valence-corrected chi connectivity index (χ0v) is 100. The van der Waals surface area contributed by atoms with Crippen molar-refractivity contribution in [3.63, 3.8) is 0 Å². The molecule has 2 N–H and O–H groups in total. The van der Waals surface area contributed by atoms with Gasteiger partial charge in [0.2, 0.25) is 0 Å². The van der Waals surface area contributed by atoms with E-state index >= 15 is 0 Å². The van der Waals surface area contributed by atoms with Crippen LogP contribution >= 0.6 is 88.7 Å². The van der Waals surface area contributed by atoms with E-state index in [1.165, 1.54) is 157 Å². The van der Waals surface area contributed by atoms with Crippen molar-refractivity contribution in [3.05, 3.63) is 132 Å². The quantitative estimate of drug-likeness (QED) is 0.00912. The van der Waals surface area contributed by atoms with Gasteiger partial charge >= 0.3 is 31.3 Å². The molecule has 47 heteroatoms. The van der Waals surface area contributed by atoms with E-state index < -0.39 is 106 Å². The number of aromatic nitrogens is 10. The summed E-state index contributed by atoms with van der Waals surface area (Å²) in [5.74, 6) is -0.787. The van der Waals surface area contributed by atoms with Gasteiger partial charge in [-0.25, -0.2) is 47.6 Å². The molecular formula is C101H166Cl3IN15O24P4+. The molecule has 2 fully saturated rings. The molecule has 0 atom stereocenters. The minimum atomic E-state index is -4.20. The summed E-state index contributed by atoms with van der Waals surface area (Å²) in [4.78, 5) is 116. The fourth-order valence-corrected chi connectivity index (χ4v) is 21.6. The van der Waals surface area contributed by atoms with Gasteiger partial charge in [0, 0.05) is 75.9 Å². The number of fused-ring (bicyclic) bond motifs is 2.